The zero-order chi connectivity index (χ0) is 48.5. The second-order valence-corrected chi connectivity index (χ2v) is 14.3. The molecule has 0 spiro atoms. The summed E-state index contributed by atoms with van der Waals surface area (Å²) in [5.74, 6) is 1.74. The van der Waals surface area contributed by atoms with E-state index in [0.29, 0.717) is 161 Å². The Bertz CT molecular complexity index is 1500. The van der Waals surface area contributed by atoms with Gasteiger partial charge in [-0.2, -0.15) is 0 Å². The third kappa shape index (κ3) is 35.5. The average Bonchev–Trinajstić information content (AvgIpc) is 3.34. The standard InChI is InChI=1S/C27H42O8.C25H40O7/c1-4-7-9-13-29-15-17-31-19-21-34-25-12-11-24(27(28)33-6-3)23-26(25)35-22-20-32-18-16-30-14-10-8-5-2;1-3-5-7-11-27-13-15-29-17-19-31-24-10-9-23(22-26)21-25(24)32-20-18-30-16-14-28-12-8-6-4-2/h4-5,11-12,23H,1-2,6-10,13-22H2,3H3;3-4,9-10,21,26H,1-2,5-8,11-20,22H2. The molecule has 67 heavy (non-hydrogen) atoms. The van der Waals surface area contributed by atoms with Gasteiger partial charge in [-0.25, -0.2) is 4.79 Å². The van der Waals surface area contributed by atoms with Crippen LogP contribution >= 0.6 is 0 Å². The van der Waals surface area contributed by atoms with Crippen molar-refractivity contribution in [1.29, 1.82) is 0 Å². The molecule has 0 unspecified atom stereocenters. The number of unbranched alkanes of at least 4 members (excludes halogenated alkanes) is 4. The van der Waals surface area contributed by atoms with Crippen LogP contribution in [-0.4, -0.2) is 150 Å². The molecule has 15 nitrogen and oxygen atoms in total. The Morgan fingerprint density at radius 2 is 0.746 bits per heavy atom. The lowest BCUT2D eigenvalue weighted by molar-refractivity contribution is 0.0326. The molecule has 0 saturated heterocycles. The monoisotopic (exact) mass is 947 g/mol. The van der Waals surface area contributed by atoms with Gasteiger partial charge in [0.2, 0.25) is 0 Å². The Morgan fingerprint density at radius 3 is 1.09 bits per heavy atom. The van der Waals surface area contributed by atoms with E-state index < -0.39 is 5.97 Å². The maximum Gasteiger partial charge on any atom is 0.338 e. The van der Waals surface area contributed by atoms with E-state index in [1.165, 1.54) is 0 Å². The number of carbonyl (C=O) groups excluding carboxylic acids is 1. The molecular formula is C52H82O15. The van der Waals surface area contributed by atoms with Gasteiger partial charge in [0, 0.05) is 26.4 Å². The van der Waals surface area contributed by atoms with Crippen LogP contribution in [0.5, 0.6) is 23.0 Å². The van der Waals surface area contributed by atoms with Gasteiger partial charge >= 0.3 is 5.97 Å². The largest absolute Gasteiger partial charge is 0.487 e. The van der Waals surface area contributed by atoms with E-state index in [0.717, 1.165) is 63.5 Å². The van der Waals surface area contributed by atoms with Crippen LogP contribution in [0.2, 0.25) is 0 Å². The molecule has 0 bridgehead atoms. The summed E-state index contributed by atoms with van der Waals surface area (Å²) in [6.07, 6.45) is 15.2. The first-order chi connectivity index (χ1) is 33.0. The summed E-state index contributed by atoms with van der Waals surface area (Å²) >= 11 is 0. The third-order valence-electron chi connectivity index (χ3n) is 8.86. The fraction of sp³-hybridized carbons (Fsp3) is 0.596. The van der Waals surface area contributed by atoms with E-state index in [1.54, 1.807) is 43.3 Å². The number of hydrogen-bond acceptors (Lipinski definition) is 15. The molecule has 380 valence electrons. The van der Waals surface area contributed by atoms with Crippen molar-refractivity contribution in [2.45, 2.75) is 64.9 Å². The lowest BCUT2D eigenvalue weighted by Crippen LogP contribution is -2.14. The number of rotatable bonds is 47. The smallest absolute Gasteiger partial charge is 0.338 e. The van der Waals surface area contributed by atoms with E-state index in [4.69, 9.17) is 61.6 Å². The maximum absolute atomic E-state index is 12.1. The Morgan fingerprint density at radius 1 is 0.433 bits per heavy atom. The molecule has 0 heterocycles. The molecule has 0 fully saturated rings. The minimum absolute atomic E-state index is 0.0633. The van der Waals surface area contributed by atoms with Crippen molar-refractivity contribution in [3.63, 3.8) is 0 Å². The van der Waals surface area contributed by atoms with Crippen LogP contribution in [0.15, 0.2) is 87.0 Å². The number of aliphatic hydroxyl groups is 1. The number of hydrogen-bond donors (Lipinski definition) is 1. The molecule has 15 heteroatoms. The highest BCUT2D eigenvalue weighted by Gasteiger charge is 2.13. The summed E-state index contributed by atoms with van der Waals surface area (Å²) in [6.45, 7) is 26.9. The van der Waals surface area contributed by atoms with Gasteiger partial charge in [-0.3, -0.25) is 0 Å². The third-order valence-corrected chi connectivity index (χ3v) is 8.86. The van der Waals surface area contributed by atoms with Crippen LogP contribution in [0.25, 0.3) is 0 Å². The first-order valence-corrected chi connectivity index (χ1v) is 23.7. The van der Waals surface area contributed by atoms with Gasteiger partial charge in [0.1, 0.15) is 26.4 Å². The zero-order valence-corrected chi connectivity index (χ0v) is 40.5. The van der Waals surface area contributed by atoms with Crippen molar-refractivity contribution < 1.29 is 71.5 Å². The van der Waals surface area contributed by atoms with Crippen molar-refractivity contribution in [2.75, 3.05) is 139 Å². The molecule has 0 saturated carbocycles. The van der Waals surface area contributed by atoms with Crippen LogP contribution in [0.1, 0.15) is 74.2 Å². The second kappa shape index (κ2) is 46.8. The molecular weight excluding hydrogens is 865 g/mol. The van der Waals surface area contributed by atoms with Crippen LogP contribution < -0.4 is 18.9 Å². The fourth-order valence-electron chi connectivity index (χ4n) is 5.41. The van der Waals surface area contributed by atoms with Gasteiger partial charge in [0.25, 0.3) is 0 Å². The van der Waals surface area contributed by atoms with Gasteiger partial charge in [-0.1, -0.05) is 30.4 Å². The van der Waals surface area contributed by atoms with E-state index in [2.05, 4.69) is 26.3 Å². The van der Waals surface area contributed by atoms with E-state index in [9.17, 15) is 9.90 Å². The van der Waals surface area contributed by atoms with Crippen molar-refractivity contribution in [3.05, 3.63) is 98.1 Å². The number of aliphatic hydroxyl groups excluding tert-OH is 1. The van der Waals surface area contributed by atoms with E-state index >= 15 is 0 Å². The van der Waals surface area contributed by atoms with Crippen molar-refractivity contribution in [1.82, 2.24) is 0 Å². The van der Waals surface area contributed by atoms with E-state index in [-0.39, 0.29) is 6.61 Å². The average molecular weight is 947 g/mol. The number of allylic oxidation sites excluding steroid dienone is 4. The Labute approximate surface area is 401 Å². The lowest BCUT2D eigenvalue weighted by Gasteiger charge is -2.14. The molecule has 0 aliphatic heterocycles. The maximum atomic E-state index is 12.1. The molecule has 2 rings (SSSR count). The van der Waals surface area contributed by atoms with Gasteiger partial charge in [-0.05, 0) is 94.2 Å². The Hall–Kier alpha value is -4.29. The predicted molar refractivity (Wildman–Crippen MR) is 261 cm³/mol. The molecule has 0 atom stereocenters. The summed E-state index contributed by atoms with van der Waals surface area (Å²) in [5.41, 5.74) is 1.15. The minimum Gasteiger partial charge on any atom is -0.487 e. The van der Waals surface area contributed by atoms with Crippen molar-refractivity contribution in [3.8, 4) is 23.0 Å². The summed E-state index contributed by atoms with van der Waals surface area (Å²) in [6, 6.07) is 10.3. The minimum atomic E-state index is -0.412. The van der Waals surface area contributed by atoms with E-state index in [1.807, 2.05) is 24.3 Å². The predicted octanol–water partition coefficient (Wildman–Crippen LogP) is 8.56. The zero-order valence-electron chi connectivity index (χ0n) is 40.5. The number of ether oxygens (including phenoxy) is 13. The summed E-state index contributed by atoms with van der Waals surface area (Å²) in [7, 11) is 0. The van der Waals surface area contributed by atoms with Crippen LogP contribution in [0.3, 0.4) is 0 Å². The first kappa shape index (κ1) is 60.7. The number of carbonyl (C=O) groups is 1. The van der Waals surface area contributed by atoms with Gasteiger partial charge in [0.15, 0.2) is 23.0 Å². The lowest BCUT2D eigenvalue weighted by atomic mass is 10.2. The van der Waals surface area contributed by atoms with Crippen molar-refractivity contribution >= 4 is 5.97 Å². The van der Waals surface area contributed by atoms with Crippen LogP contribution in [0, 0.1) is 0 Å². The topological polar surface area (TPSA) is 157 Å². The molecule has 0 aromatic heterocycles. The second-order valence-electron chi connectivity index (χ2n) is 14.3. The highest BCUT2D eigenvalue weighted by Crippen LogP contribution is 2.30. The van der Waals surface area contributed by atoms with Crippen LogP contribution in [0.4, 0.5) is 0 Å². The summed E-state index contributed by atoms with van der Waals surface area (Å²) in [5, 5.41) is 9.39. The van der Waals surface area contributed by atoms with Gasteiger partial charge < -0.3 is 66.7 Å². The SMILES string of the molecule is C=CCCCOCCOCCOc1ccc(C(=O)OCC)cc1OCCOCCOCCCC=C.C=CCCCOCCOCCOc1ccc(CO)cc1OCCOCCOCCCC=C. The van der Waals surface area contributed by atoms with Gasteiger partial charge in [-0.15, -0.1) is 26.3 Å². The Balaban J connectivity index is 0.000000673. The molecule has 1 N–H and O–H groups in total. The molecule has 2 aromatic carbocycles. The number of benzene rings is 2. The fourth-order valence-corrected chi connectivity index (χ4v) is 5.41. The molecule has 0 amide bonds. The quantitative estimate of drug-likeness (QED) is 0.0382. The number of esters is 1. The van der Waals surface area contributed by atoms with Crippen LogP contribution in [-0.2, 0) is 49.2 Å². The first-order valence-electron chi connectivity index (χ1n) is 23.7. The molecule has 0 aliphatic rings. The highest BCUT2D eigenvalue weighted by molar-refractivity contribution is 5.90. The summed E-state index contributed by atoms with van der Waals surface area (Å²) in [4.78, 5) is 12.1. The summed E-state index contributed by atoms with van der Waals surface area (Å²) < 4.78 is 72.3. The molecule has 0 radical (unpaired) electrons. The van der Waals surface area contributed by atoms with Gasteiger partial charge in [0.05, 0.1) is 98.1 Å². The molecule has 0 aliphatic carbocycles. The Kier molecular flexibility index (Phi) is 42.4. The highest BCUT2D eigenvalue weighted by atomic mass is 16.6. The van der Waals surface area contributed by atoms with Crippen molar-refractivity contribution in [2.24, 2.45) is 0 Å². The molecule has 2 aromatic rings. The normalized spacial score (nSPS) is 10.7.